The lowest BCUT2D eigenvalue weighted by molar-refractivity contribution is 0.423. The highest BCUT2D eigenvalue weighted by Gasteiger charge is 2.27. The Hall–Kier alpha value is -1.92. The van der Waals surface area contributed by atoms with E-state index in [0.717, 1.165) is 27.7 Å². The summed E-state index contributed by atoms with van der Waals surface area (Å²) in [5.41, 5.74) is 3.77. The van der Waals surface area contributed by atoms with Gasteiger partial charge in [-0.3, -0.25) is 4.57 Å². The number of nitrogens with zero attached hydrogens (tertiary/aromatic N) is 3. The second-order valence-electron chi connectivity index (χ2n) is 9.20. The normalized spacial score (nSPS) is 12.3. The van der Waals surface area contributed by atoms with Crippen molar-refractivity contribution in [3.63, 3.8) is 0 Å². The van der Waals surface area contributed by atoms with E-state index in [1.54, 1.807) is 27.9 Å². The molecule has 154 valence electrons. The van der Waals surface area contributed by atoms with E-state index in [1.807, 2.05) is 10.6 Å². The van der Waals surface area contributed by atoms with Gasteiger partial charge < -0.3 is 5.11 Å². The minimum atomic E-state index is -0.177. The maximum Gasteiger partial charge on any atom is 0.206 e. The van der Waals surface area contributed by atoms with Crippen molar-refractivity contribution in [3.8, 4) is 11.4 Å². The summed E-state index contributed by atoms with van der Waals surface area (Å²) in [6.07, 6.45) is 1.75. The monoisotopic (exact) mass is 427 g/mol. The van der Waals surface area contributed by atoms with Crippen molar-refractivity contribution < 1.29 is 5.11 Å². The first-order valence-electron chi connectivity index (χ1n) is 9.69. The zero-order valence-corrected chi connectivity index (χ0v) is 19.6. The Morgan fingerprint density at radius 2 is 1.52 bits per heavy atom. The third-order valence-corrected chi connectivity index (χ3v) is 6.86. The Bertz CT molecular complexity index is 935. The lowest BCUT2D eigenvalue weighted by Crippen LogP contribution is -2.18. The van der Waals surface area contributed by atoms with Crippen LogP contribution in [0.1, 0.15) is 58.2 Å². The number of aromatic nitrogens is 3. The van der Waals surface area contributed by atoms with E-state index in [2.05, 4.69) is 88.1 Å². The number of hydrogen-bond acceptors (Lipinski definition) is 5. The Morgan fingerprint density at radius 3 is 2.07 bits per heavy atom. The SMILES string of the molecule is CC(C)(C)c1cc(-n2cnnc2SSCc2ccccc2)cc(C(C)(C)C)c1O. The van der Waals surface area contributed by atoms with Crippen molar-refractivity contribution in [3.05, 3.63) is 65.5 Å². The molecular weight excluding hydrogens is 398 g/mol. The molecule has 2 aromatic carbocycles. The molecule has 1 N–H and O–H groups in total. The van der Waals surface area contributed by atoms with E-state index in [9.17, 15) is 5.11 Å². The molecular formula is C23H29N3OS2. The smallest absolute Gasteiger partial charge is 0.206 e. The molecule has 0 aliphatic rings. The number of rotatable bonds is 5. The van der Waals surface area contributed by atoms with Gasteiger partial charge in [-0.1, -0.05) is 82.7 Å². The quantitative estimate of drug-likeness (QED) is 0.470. The Morgan fingerprint density at radius 1 is 0.931 bits per heavy atom. The molecule has 0 radical (unpaired) electrons. The van der Waals surface area contributed by atoms with Gasteiger partial charge in [0.15, 0.2) is 0 Å². The van der Waals surface area contributed by atoms with E-state index in [-0.39, 0.29) is 10.8 Å². The van der Waals surface area contributed by atoms with Crippen molar-refractivity contribution in [2.75, 3.05) is 0 Å². The fourth-order valence-corrected chi connectivity index (χ4v) is 5.13. The van der Waals surface area contributed by atoms with Gasteiger partial charge in [0.05, 0.1) is 5.69 Å². The maximum atomic E-state index is 11.0. The molecule has 0 bridgehead atoms. The zero-order chi connectivity index (χ0) is 21.2. The Kier molecular flexibility index (Phi) is 6.34. The van der Waals surface area contributed by atoms with Crippen LogP contribution in [-0.4, -0.2) is 19.9 Å². The molecule has 0 unspecified atom stereocenters. The van der Waals surface area contributed by atoms with Gasteiger partial charge in [0.2, 0.25) is 5.16 Å². The first kappa shape index (κ1) is 21.8. The third-order valence-electron chi connectivity index (χ3n) is 4.71. The number of phenols is 1. The molecule has 0 saturated heterocycles. The molecule has 4 nitrogen and oxygen atoms in total. The van der Waals surface area contributed by atoms with Crippen molar-refractivity contribution in [1.82, 2.24) is 14.8 Å². The summed E-state index contributed by atoms with van der Waals surface area (Å²) < 4.78 is 2.01. The molecule has 6 heteroatoms. The summed E-state index contributed by atoms with van der Waals surface area (Å²) in [5, 5.41) is 20.3. The maximum absolute atomic E-state index is 11.0. The van der Waals surface area contributed by atoms with Gasteiger partial charge in [-0.05, 0) is 39.3 Å². The van der Waals surface area contributed by atoms with Crippen LogP contribution in [0.5, 0.6) is 5.75 Å². The first-order valence-corrected chi connectivity index (χ1v) is 12.0. The fourth-order valence-electron chi connectivity index (χ4n) is 3.08. The molecule has 0 atom stereocenters. The van der Waals surface area contributed by atoms with Crippen LogP contribution < -0.4 is 0 Å². The summed E-state index contributed by atoms with van der Waals surface area (Å²) in [6, 6.07) is 14.5. The Labute approximate surface area is 181 Å². The highest BCUT2D eigenvalue weighted by Crippen LogP contribution is 2.41. The lowest BCUT2D eigenvalue weighted by Gasteiger charge is -2.28. The standard InChI is InChI=1S/C23H29N3OS2/c1-22(2,3)18-12-17(13-19(20(18)27)23(4,5)6)26-15-24-25-21(26)29-28-14-16-10-8-7-9-11-16/h7-13,15,27H,14H2,1-6H3. The summed E-state index contributed by atoms with van der Waals surface area (Å²) in [7, 11) is 3.36. The topological polar surface area (TPSA) is 50.9 Å². The lowest BCUT2D eigenvalue weighted by atomic mass is 9.79. The molecule has 0 aliphatic heterocycles. The number of phenolic OH excluding ortho intramolecular Hbond substituents is 1. The summed E-state index contributed by atoms with van der Waals surface area (Å²) >= 11 is 0. The predicted octanol–water partition coefficient (Wildman–Crippen LogP) is 6.51. The molecule has 1 heterocycles. The molecule has 0 spiro atoms. The van der Waals surface area contributed by atoms with Gasteiger partial charge in [-0.15, -0.1) is 10.2 Å². The van der Waals surface area contributed by atoms with Crippen LogP contribution in [0.4, 0.5) is 0 Å². The molecule has 29 heavy (non-hydrogen) atoms. The summed E-state index contributed by atoms with van der Waals surface area (Å²) in [5.74, 6) is 1.28. The van der Waals surface area contributed by atoms with E-state index >= 15 is 0 Å². The fraction of sp³-hybridized carbons (Fsp3) is 0.391. The van der Waals surface area contributed by atoms with Gasteiger partial charge in [-0.2, -0.15) is 0 Å². The highest BCUT2D eigenvalue weighted by atomic mass is 33.1. The summed E-state index contributed by atoms with van der Waals surface area (Å²) in [4.78, 5) is 0. The van der Waals surface area contributed by atoms with E-state index in [0.29, 0.717) is 5.75 Å². The van der Waals surface area contributed by atoms with Crippen LogP contribution >= 0.6 is 21.6 Å². The van der Waals surface area contributed by atoms with Crippen LogP contribution in [0.15, 0.2) is 53.9 Å². The van der Waals surface area contributed by atoms with Crippen LogP contribution in [0.3, 0.4) is 0 Å². The van der Waals surface area contributed by atoms with Crippen LogP contribution in [0, 0.1) is 0 Å². The molecule has 1 aromatic heterocycles. The van der Waals surface area contributed by atoms with Crippen LogP contribution in [-0.2, 0) is 16.6 Å². The van der Waals surface area contributed by atoms with Gasteiger partial charge in [0.1, 0.15) is 12.1 Å². The minimum Gasteiger partial charge on any atom is -0.507 e. The average molecular weight is 428 g/mol. The van der Waals surface area contributed by atoms with Crippen molar-refractivity contribution in [2.24, 2.45) is 0 Å². The van der Waals surface area contributed by atoms with Crippen molar-refractivity contribution in [1.29, 1.82) is 0 Å². The molecule has 0 amide bonds. The largest absolute Gasteiger partial charge is 0.507 e. The van der Waals surface area contributed by atoms with Crippen LogP contribution in [0.2, 0.25) is 0 Å². The minimum absolute atomic E-state index is 0.177. The van der Waals surface area contributed by atoms with Gasteiger partial charge in [0, 0.05) is 16.9 Å². The molecule has 0 fully saturated rings. The highest BCUT2D eigenvalue weighted by molar-refractivity contribution is 8.76. The first-order chi connectivity index (χ1) is 13.6. The Balaban J connectivity index is 1.94. The second kappa shape index (κ2) is 8.44. The zero-order valence-electron chi connectivity index (χ0n) is 17.9. The van der Waals surface area contributed by atoms with Crippen molar-refractivity contribution in [2.45, 2.75) is 63.3 Å². The van der Waals surface area contributed by atoms with Gasteiger partial charge in [0.25, 0.3) is 0 Å². The van der Waals surface area contributed by atoms with E-state index in [4.69, 9.17) is 0 Å². The number of benzene rings is 2. The van der Waals surface area contributed by atoms with E-state index < -0.39 is 0 Å². The predicted molar refractivity (Wildman–Crippen MR) is 124 cm³/mol. The molecule has 3 aromatic rings. The number of hydrogen-bond donors (Lipinski definition) is 1. The second-order valence-corrected chi connectivity index (χ2v) is 11.5. The van der Waals surface area contributed by atoms with E-state index in [1.165, 1.54) is 5.56 Å². The van der Waals surface area contributed by atoms with Crippen molar-refractivity contribution >= 4 is 21.6 Å². The average Bonchev–Trinajstić information content (AvgIpc) is 3.09. The number of aromatic hydroxyl groups is 1. The summed E-state index contributed by atoms with van der Waals surface area (Å²) in [6.45, 7) is 12.7. The molecule has 3 rings (SSSR count). The van der Waals surface area contributed by atoms with Gasteiger partial charge in [-0.25, -0.2) is 0 Å². The van der Waals surface area contributed by atoms with Gasteiger partial charge >= 0.3 is 0 Å². The molecule has 0 aliphatic carbocycles. The molecule has 0 saturated carbocycles. The van der Waals surface area contributed by atoms with Crippen LogP contribution in [0.25, 0.3) is 5.69 Å². The third kappa shape index (κ3) is 5.17.